The van der Waals surface area contributed by atoms with Crippen LogP contribution in [0.15, 0.2) is 12.4 Å². The number of halogens is 3. The van der Waals surface area contributed by atoms with Crippen molar-refractivity contribution in [1.29, 1.82) is 0 Å². The van der Waals surface area contributed by atoms with E-state index in [0.717, 1.165) is 0 Å². The summed E-state index contributed by atoms with van der Waals surface area (Å²) in [7, 11) is 0. The van der Waals surface area contributed by atoms with E-state index in [9.17, 15) is 18.0 Å². The Kier molecular flexibility index (Phi) is 3.05. The summed E-state index contributed by atoms with van der Waals surface area (Å²) < 4.78 is 41.1. The average Bonchev–Trinajstić information content (AvgIpc) is 2.81. The lowest BCUT2D eigenvalue weighted by molar-refractivity contribution is -0.190. The number of carbonyl (C=O) groups is 1. The van der Waals surface area contributed by atoms with Gasteiger partial charge in [-0.05, 0) is 13.3 Å². The zero-order valence-electron chi connectivity index (χ0n) is 11.6. The van der Waals surface area contributed by atoms with Gasteiger partial charge in [0.15, 0.2) is 0 Å². The smallest absolute Gasteiger partial charge is 0.351 e. The van der Waals surface area contributed by atoms with E-state index in [1.807, 2.05) is 6.92 Å². The monoisotopic (exact) mass is 302 g/mol. The zero-order valence-corrected chi connectivity index (χ0v) is 11.6. The number of rotatable bonds is 4. The third-order valence-corrected chi connectivity index (χ3v) is 4.77. The molecule has 0 spiro atoms. The van der Waals surface area contributed by atoms with Crippen LogP contribution in [-0.2, 0) is 6.54 Å². The quantitative estimate of drug-likeness (QED) is 0.878. The topological polar surface area (TPSA) is 59.0 Å². The molecule has 3 rings (SSSR count). The Morgan fingerprint density at radius 2 is 2.29 bits per heavy atom. The number of fused-ring (bicyclic) bond motifs is 1. The molecule has 1 aromatic heterocycles. The van der Waals surface area contributed by atoms with Crippen molar-refractivity contribution in [2.24, 2.45) is 10.8 Å². The molecule has 0 bridgehead atoms. The molecule has 2 heterocycles. The first-order valence-corrected chi connectivity index (χ1v) is 6.92. The van der Waals surface area contributed by atoms with Crippen molar-refractivity contribution in [3.05, 3.63) is 18.0 Å². The van der Waals surface area contributed by atoms with E-state index >= 15 is 0 Å². The van der Waals surface area contributed by atoms with Crippen LogP contribution in [0.4, 0.5) is 13.2 Å². The molecular weight excluding hydrogens is 285 g/mol. The molecule has 0 unspecified atom stereocenters. The van der Waals surface area contributed by atoms with E-state index in [-0.39, 0.29) is 25.4 Å². The number of alkyl halides is 3. The van der Waals surface area contributed by atoms with Crippen LogP contribution in [0.25, 0.3) is 0 Å². The average molecular weight is 302 g/mol. The van der Waals surface area contributed by atoms with Gasteiger partial charge in [0, 0.05) is 37.8 Å². The van der Waals surface area contributed by atoms with Gasteiger partial charge in [-0.15, -0.1) is 0 Å². The van der Waals surface area contributed by atoms with Crippen LogP contribution in [0.3, 0.4) is 0 Å². The number of aromatic nitrogens is 2. The lowest BCUT2D eigenvalue weighted by Crippen LogP contribution is -2.37. The molecule has 1 aromatic rings. The molecule has 2 fully saturated rings. The van der Waals surface area contributed by atoms with Crippen LogP contribution in [-0.4, -0.2) is 41.5 Å². The standard InChI is InChI=1S/C13H17F3N4O/c1-2-20-4-9(3-19-20)10(21)18-7-11-5-12(11,8-17-6-11)13(14,15)16/h3-4,17H,2,5-8H2,1H3,(H,18,21)/t11-,12-/m1/s1. The van der Waals surface area contributed by atoms with Crippen LogP contribution in [0.2, 0.25) is 0 Å². The number of carbonyl (C=O) groups excluding carboxylic acids is 1. The summed E-state index contributed by atoms with van der Waals surface area (Å²) >= 11 is 0. The normalized spacial score (nSPS) is 31.0. The fourth-order valence-electron chi connectivity index (χ4n) is 3.33. The summed E-state index contributed by atoms with van der Waals surface area (Å²) in [5, 5.41) is 9.40. The summed E-state index contributed by atoms with van der Waals surface area (Å²) in [5.74, 6) is -0.376. The van der Waals surface area contributed by atoms with Crippen molar-refractivity contribution in [1.82, 2.24) is 20.4 Å². The number of hydrogen-bond acceptors (Lipinski definition) is 3. The molecule has 1 amide bonds. The first kappa shape index (κ1) is 14.4. The van der Waals surface area contributed by atoms with Crippen LogP contribution in [0.5, 0.6) is 0 Å². The Hall–Kier alpha value is -1.57. The summed E-state index contributed by atoms with van der Waals surface area (Å²) in [4.78, 5) is 12.0. The lowest BCUT2D eigenvalue weighted by atomic mass is 9.95. The van der Waals surface area contributed by atoms with Gasteiger partial charge in [0.1, 0.15) is 0 Å². The molecule has 21 heavy (non-hydrogen) atoms. The molecule has 2 atom stereocenters. The van der Waals surface area contributed by atoms with E-state index in [1.165, 1.54) is 6.20 Å². The van der Waals surface area contributed by atoms with Crippen LogP contribution in [0, 0.1) is 10.8 Å². The minimum Gasteiger partial charge on any atom is -0.351 e. The highest BCUT2D eigenvalue weighted by atomic mass is 19.4. The van der Waals surface area contributed by atoms with Gasteiger partial charge in [-0.3, -0.25) is 9.48 Å². The summed E-state index contributed by atoms with van der Waals surface area (Å²) in [6, 6.07) is 0. The van der Waals surface area contributed by atoms with E-state index in [1.54, 1.807) is 10.9 Å². The van der Waals surface area contributed by atoms with Gasteiger partial charge >= 0.3 is 6.18 Å². The van der Waals surface area contributed by atoms with Crippen LogP contribution >= 0.6 is 0 Å². The maximum Gasteiger partial charge on any atom is 0.396 e. The Bertz CT molecular complexity index is 570. The first-order valence-electron chi connectivity index (χ1n) is 6.92. The van der Waals surface area contributed by atoms with Gasteiger partial charge in [0.25, 0.3) is 5.91 Å². The highest BCUT2D eigenvalue weighted by molar-refractivity contribution is 5.93. The molecule has 0 radical (unpaired) electrons. The fraction of sp³-hybridized carbons (Fsp3) is 0.692. The highest BCUT2D eigenvalue weighted by Crippen LogP contribution is 2.72. The second-order valence-corrected chi connectivity index (χ2v) is 5.91. The van der Waals surface area contributed by atoms with Crippen molar-refractivity contribution in [2.45, 2.75) is 26.1 Å². The van der Waals surface area contributed by atoms with Gasteiger partial charge in [-0.2, -0.15) is 18.3 Å². The van der Waals surface area contributed by atoms with Gasteiger partial charge in [-0.1, -0.05) is 0 Å². The predicted molar refractivity (Wildman–Crippen MR) is 68.6 cm³/mol. The Morgan fingerprint density at radius 3 is 2.86 bits per heavy atom. The van der Waals surface area contributed by atoms with E-state index in [0.29, 0.717) is 18.7 Å². The second-order valence-electron chi connectivity index (χ2n) is 5.91. The molecule has 2 N–H and O–H groups in total. The highest BCUT2D eigenvalue weighted by Gasteiger charge is 2.81. The maximum atomic E-state index is 13.2. The van der Waals surface area contributed by atoms with Gasteiger partial charge < -0.3 is 10.6 Å². The third kappa shape index (κ3) is 2.04. The summed E-state index contributed by atoms with van der Waals surface area (Å²) in [6.07, 6.45) is -1.13. The number of nitrogens with zero attached hydrogens (tertiary/aromatic N) is 2. The number of piperidine rings is 1. The minimum atomic E-state index is -4.23. The number of aryl methyl sites for hydroxylation is 1. The Balaban J connectivity index is 1.65. The largest absolute Gasteiger partial charge is 0.396 e. The number of amides is 1. The Morgan fingerprint density at radius 1 is 1.52 bits per heavy atom. The molecule has 1 aliphatic heterocycles. The second kappa shape index (κ2) is 4.46. The fourth-order valence-corrected chi connectivity index (χ4v) is 3.33. The molecule has 116 valence electrons. The van der Waals surface area contributed by atoms with E-state index in [4.69, 9.17) is 0 Å². The summed E-state index contributed by atoms with van der Waals surface area (Å²) in [5.41, 5.74) is -2.18. The number of hydrogen-bond donors (Lipinski definition) is 2. The molecule has 0 aromatic carbocycles. The zero-order chi connectivity index (χ0) is 15.3. The summed E-state index contributed by atoms with van der Waals surface area (Å²) in [6.45, 7) is 2.80. The molecule has 8 heteroatoms. The van der Waals surface area contributed by atoms with Crippen molar-refractivity contribution in [3.63, 3.8) is 0 Å². The van der Waals surface area contributed by atoms with Crippen molar-refractivity contribution >= 4 is 5.91 Å². The van der Waals surface area contributed by atoms with E-state index < -0.39 is 17.0 Å². The molecular formula is C13H17F3N4O. The van der Waals surface area contributed by atoms with Gasteiger partial charge in [-0.25, -0.2) is 0 Å². The first-order chi connectivity index (χ1) is 9.84. The molecule has 1 saturated carbocycles. The predicted octanol–water partition coefficient (Wildman–Crippen LogP) is 1.17. The SMILES string of the molecule is CCn1cc(C(=O)NC[C@@]23CNC[C@]2(C(F)(F)F)C3)cn1. The van der Waals surface area contributed by atoms with Crippen molar-refractivity contribution in [3.8, 4) is 0 Å². The molecule has 5 nitrogen and oxygen atoms in total. The lowest BCUT2D eigenvalue weighted by Gasteiger charge is -2.20. The van der Waals surface area contributed by atoms with Crippen LogP contribution in [0.1, 0.15) is 23.7 Å². The molecule has 1 saturated heterocycles. The minimum absolute atomic E-state index is 0.0373. The number of nitrogens with one attached hydrogen (secondary N) is 2. The maximum absolute atomic E-state index is 13.2. The third-order valence-electron chi connectivity index (χ3n) is 4.77. The Labute approximate surface area is 119 Å². The van der Waals surface area contributed by atoms with E-state index in [2.05, 4.69) is 15.7 Å². The molecule has 2 aliphatic rings. The van der Waals surface area contributed by atoms with Crippen molar-refractivity contribution < 1.29 is 18.0 Å². The van der Waals surface area contributed by atoms with Gasteiger partial charge in [0.05, 0.1) is 17.2 Å². The van der Waals surface area contributed by atoms with Crippen LogP contribution < -0.4 is 10.6 Å². The van der Waals surface area contributed by atoms with Gasteiger partial charge in [0.2, 0.25) is 0 Å². The molecule has 1 aliphatic carbocycles. The van der Waals surface area contributed by atoms with Crippen molar-refractivity contribution in [2.75, 3.05) is 19.6 Å².